The summed E-state index contributed by atoms with van der Waals surface area (Å²) in [5, 5.41) is 10.6. The minimum atomic E-state index is -4.96. The molecule has 0 bridgehead atoms. The molecule has 19 heteroatoms. The standard InChI is InChI=1S/C75H146O17P2/c1-9-68(8)54-46-38-33-34-40-48-56-73(78)86-62-71(92-74(79)57-49-41-30-24-19-17-15-13-11-10-12-14-16-18-22-27-35-43-51-65(2)3)64-90-94(83,84)88-60-69(76)59-87-93(81,82)89-63-70(61-85-72(77)55-47-39-32-26-29-37-45-53-67(6)7)91-75(80)58-50-42-31-25-21-20-23-28-36-44-52-66(4)5/h65-71,76H,9-64H2,1-8H3,(H,81,82)(H,83,84)/t68?,69?,70-,71-/m1/s1. The molecule has 0 spiro atoms. The fourth-order valence-corrected chi connectivity index (χ4v) is 12.9. The Labute approximate surface area is 575 Å². The van der Waals surface area contributed by atoms with Crippen LogP contribution in [0.3, 0.4) is 0 Å². The monoisotopic (exact) mass is 1380 g/mol. The van der Waals surface area contributed by atoms with Gasteiger partial charge in [0.05, 0.1) is 26.4 Å². The number of rotatable bonds is 72. The van der Waals surface area contributed by atoms with Gasteiger partial charge in [-0.3, -0.25) is 37.3 Å². The van der Waals surface area contributed by atoms with Crippen LogP contribution < -0.4 is 0 Å². The van der Waals surface area contributed by atoms with E-state index in [4.69, 9.17) is 37.0 Å². The zero-order valence-electron chi connectivity index (χ0n) is 61.6. The van der Waals surface area contributed by atoms with Crippen molar-refractivity contribution in [1.29, 1.82) is 0 Å². The molecular weight excluding hydrogens is 1230 g/mol. The van der Waals surface area contributed by atoms with Crippen LogP contribution in [0, 0.1) is 23.7 Å². The molecule has 558 valence electrons. The molecule has 0 rings (SSSR count). The maximum atomic E-state index is 13.1. The molecule has 0 amide bonds. The van der Waals surface area contributed by atoms with E-state index in [9.17, 15) is 43.2 Å². The summed E-state index contributed by atoms with van der Waals surface area (Å²) in [5.74, 6) is 0.883. The first-order valence-electron chi connectivity index (χ1n) is 38.7. The highest BCUT2D eigenvalue weighted by Gasteiger charge is 2.30. The summed E-state index contributed by atoms with van der Waals surface area (Å²) in [6, 6.07) is 0. The van der Waals surface area contributed by atoms with Crippen molar-refractivity contribution in [3.8, 4) is 0 Å². The molecule has 0 aliphatic heterocycles. The van der Waals surface area contributed by atoms with Crippen LogP contribution in [0.2, 0.25) is 0 Å². The van der Waals surface area contributed by atoms with Crippen LogP contribution in [0.25, 0.3) is 0 Å². The molecule has 94 heavy (non-hydrogen) atoms. The Hall–Kier alpha value is -1.94. The van der Waals surface area contributed by atoms with Crippen LogP contribution in [0.5, 0.6) is 0 Å². The molecule has 0 aromatic rings. The maximum absolute atomic E-state index is 13.1. The quantitative estimate of drug-likeness (QED) is 0.0222. The van der Waals surface area contributed by atoms with E-state index in [1.807, 2.05) is 0 Å². The van der Waals surface area contributed by atoms with Gasteiger partial charge in [-0.2, -0.15) is 0 Å². The SMILES string of the molecule is CCC(C)CCCCCCCCC(=O)OC[C@H](COP(=O)(O)OCC(O)COP(=O)(O)OC[C@@H](COC(=O)CCCCCCCCCC(C)C)OC(=O)CCCCCCCCCCCCC(C)C)OC(=O)CCCCCCCCCCCCCCCCCCCCC(C)C. The number of carbonyl (C=O) groups is 4. The number of aliphatic hydroxyl groups excluding tert-OH is 1. The first kappa shape index (κ1) is 92.1. The van der Waals surface area contributed by atoms with Gasteiger partial charge in [0.2, 0.25) is 0 Å². The molecule has 0 fully saturated rings. The Balaban J connectivity index is 5.18. The second-order valence-electron chi connectivity index (χ2n) is 28.7. The molecule has 0 aliphatic carbocycles. The number of aliphatic hydroxyl groups is 1. The number of hydrogen-bond acceptors (Lipinski definition) is 15. The van der Waals surface area contributed by atoms with Crippen molar-refractivity contribution in [1.82, 2.24) is 0 Å². The molecule has 4 unspecified atom stereocenters. The Morgan fingerprint density at radius 2 is 0.511 bits per heavy atom. The molecule has 0 aromatic heterocycles. The van der Waals surface area contributed by atoms with Crippen molar-refractivity contribution >= 4 is 39.5 Å². The zero-order chi connectivity index (χ0) is 69.6. The lowest BCUT2D eigenvalue weighted by Gasteiger charge is -2.21. The van der Waals surface area contributed by atoms with E-state index in [1.54, 1.807) is 0 Å². The van der Waals surface area contributed by atoms with Crippen molar-refractivity contribution in [2.75, 3.05) is 39.6 Å². The summed E-state index contributed by atoms with van der Waals surface area (Å²) in [6.07, 6.45) is 48.8. The van der Waals surface area contributed by atoms with Gasteiger partial charge in [-0.1, -0.05) is 325 Å². The summed E-state index contributed by atoms with van der Waals surface area (Å²) in [7, 11) is -9.91. The van der Waals surface area contributed by atoms with E-state index in [1.165, 1.54) is 167 Å². The minimum absolute atomic E-state index is 0.105. The van der Waals surface area contributed by atoms with E-state index < -0.39 is 97.5 Å². The Morgan fingerprint density at radius 3 is 0.755 bits per heavy atom. The summed E-state index contributed by atoms with van der Waals surface area (Å²) in [5.41, 5.74) is 0. The largest absolute Gasteiger partial charge is 0.472 e. The van der Waals surface area contributed by atoms with Gasteiger partial charge in [0.1, 0.15) is 19.3 Å². The van der Waals surface area contributed by atoms with Crippen LogP contribution in [0.4, 0.5) is 0 Å². The molecule has 0 radical (unpaired) electrons. The van der Waals surface area contributed by atoms with Gasteiger partial charge in [-0.05, 0) is 49.4 Å². The summed E-state index contributed by atoms with van der Waals surface area (Å²) in [4.78, 5) is 72.7. The Kier molecular flexibility index (Phi) is 63.1. The van der Waals surface area contributed by atoms with Gasteiger partial charge in [0, 0.05) is 25.7 Å². The number of ether oxygens (including phenoxy) is 4. The Morgan fingerprint density at radius 1 is 0.298 bits per heavy atom. The molecule has 17 nitrogen and oxygen atoms in total. The highest BCUT2D eigenvalue weighted by Crippen LogP contribution is 2.45. The van der Waals surface area contributed by atoms with Gasteiger partial charge in [0.25, 0.3) is 0 Å². The van der Waals surface area contributed by atoms with Gasteiger partial charge in [0.15, 0.2) is 12.2 Å². The molecular formula is C75H146O17P2. The van der Waals surface area contributed by atoms with Crippen molar-refractivity contribution in [3.63, 3.8) is 0 Å². The van der Waals surface area contributed by atoms with Gasteiger partial charge >= 0.3 is 39.5 Å². The van der Waals surface area contributed by atoms with E-state index in [0.29, 0.717) is 31.6 Å². The second kappa shape index (κ2) is 64.4. The predicted molar refractivity (Wildman–Crippen MR) is 381 cm³/mol. The average Bonchev–Trinajstić information content (AvgIpc) is 1.18. The number of phosphoric acid groups is 2. The lowest BCUT2D eigenvalue weighted by Crippen LogP contribution is -2.30. The van der Waals surface area contributed by atoms with Crippen LogP contribution in [-0.4, -0.2) is 96.7 Å². The fraction of sp³-hybridized carbons (Fsp3) is 0.947. The van der Waals surface area contributed by atoms with Gasteiger partial charge in [-0.15, -0.1) is 0 Å². The van der Waals surface area contributed by atoms with Crippen LogP contribution >= 0.6 is 15.6 Å². The first-order chi connectivity index (χ1) is 45.1. The first-order valence-corrected chi connectivity index (χ1v) is 41.7. The molecule has 0 aromatic carbocycles. The third kappa shape index (κ3) is 67.3. The normalized spacial score (nSPS) is 14.4. The number of unbranched alkanes of at least 4 members (excludes halogenated alkanes) is 37. The topological polar surface area (TPSA) is 237 Å². The third-order valence-electron chi connectivity index (χ3n) is 17.7. The van der Waals surface area contributed by atoms with E-state index >= 15 is 0 Å². The number of phosphoric ester groups is 2. The van der Waals surface area contributed by atoms with Crippen LogP contribution in [-0.2, 0) is 65.4 Å². The average molecular weight is 1380 g/mol. The van der Waals surface area contributed by atoms with E-state index in [0.717, 1.165) is 120 Å². The molecule has 0 saturated heterocycles. The highest BCUT2D eigenvalue weighted by atomic mass is 31.2. The van der Waals surface area contributed by atoms with Crippen molar-refractivity contribution in [2.24, 2.45) is 23.7 Å². The zero-order valence-corrected chi connectivity index (χ0v) is 63.4. The lowest BCUT2D eigenvalue weighted by molar-refractivity contribution is -0.161. The maximum Gasteiger partial charge on any atom is 0.472 e. The van der Waals surface area contributed by atoms with Crippen molar-refractivity contribution in [3.05, 3.63) is 0 Å². The van der Waals surface area contributed by atoms with E-state index in [-0.39, 0.29) is 25.7 Å². The van der Waals surface area contributed by atoms with Crippen molar-refractivity contribution < 1.29 is 80.2 Å². The summed E-state index contributed by atoms with van der Waals surface area (Å²) in [6.45, 7) is 14.1. The Bertz CT molecular complexity index is 1850. The predicted octanol–water partition coefficient (Wildman–Crippen LogP) is 21.7. The summed E-state index contributed by atoms with van der Waals surface area (Å²) < 4.78 is 68.4. The smallest absolute Gasteiger partial charge is 0.462 e. The molecule has 0 heterocycles. The van der Waals surface area contributed by atoms with E-state index in [2.05, 4.69) is 55.4 Å². The molecule has 0 aliphatic rings. The molecule has 3 N–H and O–H groups in total. The van der Waals surface area contributed by atoms with Crippen LogP contribution in [0.15, 0.2) is 0 Å². The number of esters is 4. The number of carbonyl (C=O) groups excluding carboxylic acids is 4. The summed E-state index contributed by atoms with van der Waals surface area (Å²) >= 11 is 0. The van der Waals surface area contributed by atoms with Gasteiger partial charge < -0.3 is 33.8 Å². The molecule has 6 atom stereocenters. The highest BCUT2D eigenvalue weighted by molar-refractivity contribution is 7.47. The molecule has 0 saturated carbocycles. The lowest BCUT2D eigenvalue weighted by atomic mass is 10.00. The fourth-order valence-electron chi connectivity index (χ4n) is 11.3. The van der Waals surface area contributed by atoms with Gasteiger partial charge in [-0.25, -0.2) is 9.13 Å². The second-order valence-corrected chi connectivity index (χ2v) is 31.6. The van der Waals surface area contributed by atoms with Crippen LogP contribution in [0.1, 0.15) is 376 Å². The third-order valence-corrected chi connectivity index (χ3v) is 19.6. The minimum Gasteiger partial charge on any atom is -0.462 e. The number of hydrogen-bond donors (Lipinski definition) is 3. The van der Waals surface area contributed by atoms with Crippen molar-refractivity contribution in [2.45, 2.75) is 395 Å².